The van der Waals surface area contributed by atoms with E-state index in [1.807, 2.05) is 32.0 Å². The van der Waals surface area contributed by atoms with Crippen LogP contribution in [0.2, 0.25) is 0 Å². The van der Waals surface area contributed by atoms with Crippen LogP contribution in [0.15, 0.2) is 42.5 Å². The van der Waals surface area contributed by atoms with Crippen molar-refractivity contribution in [3.8, 4) is 11.5 Å². The number of carbonyl (C=O) groups is 2. The van der Waals surface area contributed by atoms with Crippen LogP contribution >= 0.6 is 12.2 Å². The summed E-state index contributed by atoms with van der Waals surface area (Å²) in [5, 5.41) is 2.43. The second-order valence-corrected chi connectivity index (χ2v) is 6.54. The van der Waals surface area contributed by atoms with Crippen LogP contribution in [0, 0.1) is 13.8 Å². The fourth-order valence-corrected chi connectivity index (χ4v) is 2.46. The molecule has 0 spiro atoms. The molecule has 2 aromatic carbocycles. The Kier molecular flexibility index (Phi) is 7.76. The molecule has 7 nitrogen and oxygen atoms in total. The van der Waals surface area contributed by atoms with Gasteiger partial charge in [-0.25, -0.2) is 0 Å². The summed E-state index contributed by atoms with van der Waals surface area (Å²) in [4.78, 5) is 23.9. The number of hydrazine groups is 1. The Balaban J connectivity index is 1.71. The average Bonchev–Trinajstić information content (AvgIpc) is 2.67. The van der Waals surface area contributed by atoms with Crippen molar-refractivity contribution in [3.63, 3.8) is 0 Å². The minimum Gasteiger partial charge on any atom is -0.497 e. The van der Waals surface area contributed by atoms with Crippen LogP contribution in [-0.2, 0) is 16.0 Å². The molecule has 2 rings (SSSR count). The van der Waals surface area contributed by atoms with E-state index in [1.54, 1.807) is 31.4 Å². The molecule has 0 heterocycles. The summed E-state index contributed by atoms with van der Waals surface area (Å²) in [6.07, 6.45) is 0.156. The molecular weight excluding hydrogens is 378 g/mol. The molecule has 0 aromatic heterocycles. The van der Waals surface area contributed by atoms with Crippen LogP contribution in [0.1, 0.15) is 16.7 Å². The number of amides is 2. The van der Waals surface area contributed by atoms with E-state index in [4.69, 9.17) is 21.7 Å². The Hall–Kier alpha value is -3.13. The molecule has 0 aliphatic rings. The fraction of sp³-hybridized carbons (Fsp3) is 0.250. The van der Waals surface area contributed by atoms with Gasteiger partial charge in [-0.2, -0.15) is 0 Å². The second kappa shape index (κ2) is 10.3. The summed E-state index contributed by atoms with van der Waals surface area (Å²) in [6.45, 7) is 3.66. The van der Waals surface area contributed by atoms with Crippen molar-refractivity contribution in [1.82, 2.24) is 16.2 Å². The van der Waals surface area contributed by atoms with Gasteiger partial charge in [0.25, 0.3) is 5.91 Å². The predicted octanol–water partition coefficient (Wildman–Crippen LogP) is 1.96. The van der Waals surface area contributed by atoms with Crippen LogP contribution in [0.25, 0.3) is 0 Å². The summed E-state index contributed by atoms with van der Waals surface area (Å²) in [7, 11) is 1.58. The number of ether oxygens (including phenoxy) is 2. The van der Waals surface area contributed by atoms with E-state index in [0.29, 0.717) is 11.5 Å². The molecule has 0 aliphatic heterocycles. The van der Waals surface area contributed by atoms with Crippen LogP contribution in [0.5, 0.6) is 11.5 Å². The van der Waals surface area contributed by atoms with Crippen LogP contribution in [-0.4, -0.2) is 30.6 Å². The Morgan fingerprint density at radius 2 is 1.71 bits per heavy atom. The topological polar surface area (TPSA) is 88.7 Å². The number of carbonyl (C=O) groups excluding carboxylic acids is 2. The Morgan fingerprint density at radius 3 is 2.39 bits per heavy atom. The first-order valence-corrected chi connectivity index (χ1v) is 9.00. The highest BCUT2D eigenvalue weighted by atomic mass is 32.1. The van der Waals surface area contributed by atoms with Crippen molar-refractivity contribution in [2.75, 3.05) is 13.7 Å². The quantitative estimate of drug-likeness (QED) is 0.507. The van der Waals surface area contributed by atoms with Gasteiger partial charge in [0.05, 0.1) is 13.5 Å². The minimum absolute atomic E-state index is 0.0161. The molecule has 28 heavy (non-hydrogen) atoms. The van der Waals surface area contributed by atoms with Crippen molar-refractivity contribution >= 4 is 29.1 Å². The molecule has 0 unspecified atom stereocenters. The molecule has 0 bridgehead atoms. The predicted molar refractivity (Wildman–Crippen MR) is 110 cm³/mol. The molecule has 2 amide bonds. The first-order valence-electron chi connectivity index (χ1n) is 8.59. The van der Waals surface area contributed by atoms with Gasteiger partial charge in [-0.05, 0) is 61.0 Å². The Morgan fingerprint density at radius 1 is 1.00 bits per heavy atom. The van der Waals surface area contributed by atoms with Gasteiger partial charge in [0.2, 0.25) is 5.91 Å². The van der Waals surface area contributed by atoms with Gasteiger partial charge in [-0.1, -0.05) is 24.3 Å². The maximum Gasteiger partial charge on any atom is 0.264 e. The Bertz CT molecular complexity index is 853. The highest BCUT2D eigenvalue weighted by Crippen LogP contribution is 2.18. The summed E-state index contributed by atoms with van der Waals surface area (Å²) in [5.41, 5.74) is 7.72. The minimum atomic E-state index is -0.428. The van der Waals surface area contributed by atoms with Gasteiger partial charge in [0, 0.05) is 0 Å². The van der Waals surface area contributed by atoms with Gasteiger partial charge in [0.15, 0.2) is 11.7 Å². The lowest BCUT2D eigenvalue weighted by molar-refractivity contribution is -0.122. The third-order valence-electron chi connectivity index (χ3n) is 3.79. The van der Waals surface area contributed by atoms with Gasteiger partial charge >= 0.3 is 0 Å². The van der Waals surface area contributed by atoms with E-state index >= 15 is 0 Å². The molecule has 0 saturated carbocycles. The summed E-state index contributed by atoms with van der Waals surface area (Å²) < 4.78 is 10.6. The zero-order valence-electron chi connectivity index (χ0n) is 16.0. The third-order valence-corrected chi connectivity index (χ3v) is 4.00. The number of nitrogens with one attached hydrogen (secondary N) is 3. The molecular formula is C20H23N3O4S. The maximum atomic E-state index is 11.9. The average molecular weight is 401 g/mol. The van der Waals surface area contributed by atoms with Gasteiger partial charge in [0.1, 0.15) is 11.5 Å². The smallest absolute Gasteiger partial charge is 0.264 e. The van der Waals surface area contributed by atoms with Crippen LogP contribution in [0.4, 0.5) is 0 Å². The van der Waals surface area contributed by atoms with E-state index in [-0.39, 0.29) is 24.0 Å². The molecule has 3 N–H and O–H groups in total. The van der Waals surface area contributed by atoms with Crippen molar-refractivity contribution in [2.45, 2.75) is 20.3 Å². The van der Waals surface area contributed by atoms with E-state index in [2.05, 4.69) is 16.2 Å². The van der Waals surface area contributed by atoms with Crippen molar-refractivity contribution in [3.05, 3.63) is 59.2 Å². The second-order valence-electron chi connectivity index (χ2n) is 6.13. The van der Waals surface area contributed by atoms with Crippen molar-refractivity contribution in [2.24, 2.45) is 0 Å². The molecule has 8 heteroatoms. The zero-order valence-corrected chi connectivity index (χ0v) is 16.8. The first kappa shape index (κ1) is 21.2. The lowest BCUT2D eigenvalue weighted by Gasteiger charge is -2.12. The molecule has 0 radical (unpaired) electrons. The van der Waals surface area contributed by atoms with E-state index in [9.17, 15) is 9.59 Å². The third kappa shape index (κ3) is 6.88. The first-order chi connectivity index (χ1) is 13.4. The number of benzene rings is 2. The van der Waals surface area contributed by atoms with Crippen LogP contribution < -0.4 is 25.6 Å². The number of rotatable bonds is 6. The standard InChI is InChI=1S/C20H23N3O4S/c1-13-4-5-14(2)17(10-13)27-12-19(25)21-20(28)23-22-18(24)11-15-6-8-16(26-3)9-7-15/h4-10H,11-12H2,1-3H3,(H,22,24)(H2,21,23,25,28). The molecule has 0 aliphatic carbocycles. The van der Waals surface area contributed by atoms with Crippen molar-refractivity contribution in [1.29, 1.82) is 0 Å². The number of hydrogen-bond acceptors (Lipinski definition) is 5. The van der Waals surface area contributed by atoms with Crippen molar-refractivity contribution < 1.29 is 19.1 Å². The van der Waals surface area contributed by atoms with Crippen LogP contribution in [0.3, 0.4) is 0 Å². The zero-order chi connectivity index (χ0) is 20.5. The van der Waals surface area contributed by atoms with Gasteiger partial charge < -0.3 is 9.47 Å². The van der Waals surface area contributed by atoms with Gasteiger partial charge in [-0.3, -0.25) is 25.8 Å². The van der Waals surface area contributed by atoms with E-state index < -0.39 is 5.91 Å². The fourth-order valence-electron chi connectivity index (χ4n) is 2.30. The SMILES string of the molecule is COc1ccc(CC(=O)NNC(=S)NC(=O)COc2cc(C)ccc2C)cc1. The van der Waals surface area contributed by atoms with Gasteiger partial charge in [-0.15, -0.1) is 0 Å². The monoisotopic (exact) mass is 401 g/mol. The molecule has 0 saturated heterocycles. The molecule has 0 atom stereocenters. The Labute approximate surface area is 169 Å². The highest BCUT2D eigenvalue weighted by molar-refractivity contribution is 7.80. The number of hydrogen-bond donors (Lipinski definition) is 3. The summed E-state index contributed by atoms with van der Waals surface area (Å²) >= 11 is 4.99. The molecule has 148 valence electrons. The summed E-state index contributed by atoms with van der Waals surface area (Å²) in [5.74, 6) is 0.632. The van der Waals surface area contributed by atoms with E-state index in [1.165, 1.54) is 0 Å². The lowest BCUT2D eigenvalue weighted by atomic mass is 10.1. The van der Waals surface area contributed by atoms with E-state index in [0.717, 1.165) is 16.7 Å². The number of thiocarbonyl (C=S) groups is 1. The number of methoxy groups -OCH3 is 1. The highest BCUT2D eigenvalue weighted by Gasteiger charge is 2.09. The normalized spacial score (nSPS) is 9.96. The lowest BCUT2D eigenvalue weighted by Crippen LogP contribution is -2.49. The maximum absolute atomic E-state index is 11.9. The molecule has 0 fully saturated rings. The number of aryl methyl sites for hydroxylation is 2. The molecule has 2 aromatic rings. The largest absolute Gasteiger partial charge is 0.497 e. The summed E-state index contributed by atoms with van der Waals surface area (Å²) in [6, 6.07) is 12.9.